The van der Waals surface area contributed by atoms with Crippen molar-refractivity contribution in [3.63, 3.8) is 0 Å². The van der Waals surface area contributed by atoms with Gasteiger partial charge < -0.3 is 20.2 Å². The summed E-state index contributed by atoms with van der Waals surface area (Å²) in [6, 6.07) is 6.45. The number of rotatable bonds is 4. The van der Waals surface area contributed by atoms with Crippen LogP contribution in [0.4, 0.5) is 17.3 Å². The monoisotopic (exact) mass is 370 g/mol. The average Bonchev–Trinajstić information content (AvgIpc) is 2.60. The van der Waals surface area contributed by atoms with Gasteiger partial charge in [0.05, 0.1) is 0 Å². The Morgan fingerprint density at radius 3 is 2.59 bits per heavy atom. The second kappa shape index (κ2) is 7.02. The molecule has 1 aliphatic heterocycles. The van der Waals surface area contributed by atoms with Crippen LogP contribution in [0.2, 0.25) is 0 Å². The summed E-state index contributed by atoms with van der Waals surface area (Å²) in [6.45, 7) is 5.15. The summed E-state index contributed by atoms with van der Waals surface area (Å²) in [7, 11) is 0. The molecule has 9 heteroatoms. The number of ether oxygens (including phenoxy) is 1. The van der Waals surface area contributed by atoms with Crippen LogP contribution in [0.15, 0.2) is 24.3 Å². The largest absolute Gasteiger partial charge is 0.477 e. The van der Waals surface area contributed by atoms with Gasteiger partial charge in [0.15, 0.2) is 12.4 Å². The lowest BCUT2D eigenvalue weighted by Crippen LogP contribution is -2.44. The van der Waals surface area contributed by atoms with Crippen LogP contribution in [0.5, 0.6) is 5.75 Å². The molecule has 0 fully saturated rings. The smallest absolute Gasteiger partial charge is 0.366 e. The Bertz CT molecular complexity index is 934. The topological polar surface area (TPSA) is 115 Å². The number of nitrogens with zero attached hydrogens (tertiary/aromatic N) is 3. The Morgan fingerprint density at radius 1 is 1.30 bits per heavy atom. The second-order valence-corrected chi connectivity index (χ2v) is 6.34. The number of anilines is 2. The van der Waals surface area contributed by atoms with Crippen LogP contribution in [0.25, 0.3) is 0 Å². The molecule has 0 spiro atoms. The van der Waals surface area contributed by atoms with E-state index in [-0.39, 0.29) is 24.7 Å². The maximum Gasteiger partial charge on any atom is 0.366 e. The molecule has 0 saturated carbocycles. The fourth-order valence-corrected chi connectivity index (χ4v) is 3.03. The molecule has 2 amide bonds. The number of aryl methyl sites for hydroxylation is 3. The maximum atomic E-state index is 12.5. The number of benzene rings is 1. The van der Waals surface area contributed by atoms with Gasteiger partial charge >= 0.3 is 5.82 Å². The van der Waals surface area contributed by atoms with Gasteiger partial charge in [-0.15, -0.1) is 0 Å². The summed E-state index contributed by atoms with van der Waals surface area (Å²) in [4.78, 5) is 40.0. The van der Waals surface area contributed by atoms with Gasteiger partial charge in [-0.25, -0.2) is 0 Å². The third kappa shape index (κ3) is 3.71. The molecule has 1 aromatic heterocycles. The quantitative estimate of drug-likeness (QED) is 0.652. The van der Waals surface area contributed by atoms with Crippen molar-refractivity contribution >= 4 is 29.1 Å². The van der Waals surface area contributed by atoms with E-state index >= 15 is 0 Å². The lowest BCUT2D eigenvalue weighted by Gasteiger charge is -2.25. The number of pyridine rings is 1. The standard InChI is InChI=1S/C18H18N4O5/c1-10-6-11(2)17(12(3)7-10)20-15(23)8-21-16(24)9-27-13-4-5-14(22(25)26)19-18(13)21/h4-7H,8-9H2,1-3H3,(H,20,23). The zero-order valence-corrected chi connectivity index (χ0v) is 15.1. The van der Waals surface area contributed by atoms with Gasteiger partial charge in [0.25, 0.3) is 11.7 Å². The number of hydrogen-bond donors (Lipinski definition) is 1. The Morgan fingerprint density at radius 2 is 1.96 bits per heavy atom. The number of nitrogens with one attached hydrogen (secondary N) is 1. The SMILES string of the molecule is Cc1cc(C)c(NC(=O)CN2C(=O)COc3ccc([N+](=O)[O-])nc32)c(C)c1. The van der Waals surface area contributed by atoms with Gasteiger partial charge in [0.2, 0.25) is 5.91 Å². The molecule has 0 aliphatic carbocycles. The number of amides is 2. The zero-order chi connectivity index (χ0) is 19.7. The summed E-state index contributed by atoms with van der Waals surface area (Å²) in [5, 5.41) is 13.8. The summed E-state index contributed by atoms with van der Waals surface area (Å²) < 4.78 is 5.24. The number of hydrogen-bond acceptors (Lipinski definition) is 6. The molecule has 1 aliphatic rings. The van der Waals surface area contributed by atoms with Crippen LogP contribution in [0.1, 0.15) is 16.7 Å². The molecule has 0 unspecified atom stereocenters. The summed E-state index contributed by atoms with van der Waals surface area (Å²) in [5.74, 6) is -1.17. The van der Waals surface area contributed by atoms with Crippen LogP contribution >= 0.6 is 0 Å². The van der Waals surface area contributed by atoms with Gasteiger partial charge in [-0.05, 0) is 47.9 Å². The van der Waals surface area contributed by atoms with Crippen LogP contribution in [0, 0.1) is 30.9 Å². The van der Waals surface area contributed by atoms with Crippen LogP contribution in [-0.2, 0) is 9.59 Å². The van der Waals surface area contributed by atoms with Gasteiger partial charge in [-0.1, -0.05) is 17.7 Å². The van der Waals surface area contributed by atoms with Gasteiger partial charge in [0, 0.05) is 11.8 Å². The minimum absolute atomic E-state index is 0.0343. The molecular formula is C18H18N4O5. The van der Waals surface area contributed by atoms with E-state index < -0.39 is 22.6 Å². The van der Waals surface area contributed by atoms with E-state index in [1.807, 2.05) is 32.9 Å². The molecule has 140 valence electrons. The molecule has 27 heavy (non-hydrogen) atoms. The van der Waals surface area contributed by atoms with Crippen molar-refractivity contribution in [2.45, 2.75) is 20.8 Å². The first kappa shape index (κ1) is 18.3. The van der Waals surface area contributed by atoms with E-state index in [1.54, 1.807) is 0 Å². The van der Waals surface area contributed by atoms with Crippen molar-refractivity contribution in [2.24, 2.45) is 0 Å². The van der Waals surface area contributed by atoms with Crippen LogP contribution in [-0.4, -0.2) is 34.9 Å². The highest BCUT2D eigenvalue weighted by atomic mass is 16.6. The first-order chi connectivity index (χ1) is 12.8. The van der Waals surface area contributed by atoms with Crippen molar-refractivity contribution < 1.29 is 19.2 Å². The molecule has 2 aromatic rings. The van der Waals surface area contributed by atoms with Gasteiger partial charge in [-0.2, -0.15) is 0 Å². The first-order valence-electron chi connectivity index (χ1n) is 8.22. The molecule has 0 saturated heterocycles. The fraction of sp³-hybridized carbons (Fsp3) is 0.278. The number of aromatic nitrogens is 1. The molecule has 0 bridgehead atoms. The molecular weight excluding hydrogens is 352 g/mol. The minimum atomic E-state index is -0.670. The zero-order valence-electron chi connectivity index (χ0n) is 15.1. The highest BCUT2D eigenvalue weighted by Gasteiger charge is 2.33. The highest BCUT2D eigenvalue weighted by Crippen LogP contribution is 2.32. The Labute approximate surface area is 155 Å². The molecule has 9 nitrogen and oxygen atoms in total. The molecule has 3 rings (SSSR count). The van der Waals surface area contributed by atoms with E-state index in [0.717, 1.165) is 21.6 Å². The molecule has 1 N–H and O–H groups in total. The van der Waals surface area contributed by atoms with Crippen molar-refractivity contribution in [1.29, 1.82) is 0 Å². The van der Waals surface area contributed by atoms with Crippen LogP contribution < -0.4 is 15.0 Å². The van der Waals surface area contributed by atoms with Gasteiger partial charge in [0.1, 0.15) is 6.54 Å². The number of nitro groups is 1. The summed E-state index contributed by atoms with van der Waals surface area (Å²) in [5.41, 5.74) is 3.57. The summed E-state index contributed by atoms with van der Waals surface area (Å²) >= 11 is 0. The Hall–Kier alpha value is -3.49. The van der Waals surface area contributed by atoms with E-state index in [1.165, 1.54) is 12.1 Å². The molecule has 1 aromatic carbocycles. The Balaban J connectivity index is 1.85. The minimum Gasteiger partial charge on any atom is -0.477 e. The fourth-order valence-electron chi connectivity index (χ4n) is 3.03. The maximum absolute atomic E-state index is 12.5. The van der Waals surface area contributed by atoms with E-state index in [0.29, 0.717) is 5.69 Å². The van der Waals surface area contributed by atoms with Crippen LogP contribution in [0.3, 0.4) is 0 Å². The normalized spacial score (nSPS) is 13.0. The van der Waals surface area contributed by atoms with Crippen molar-refractivity contribution in [1.82, 2.24) is 4.98 Å². The second-order valence-electron chi connectivity index (χ2n) is 6.34. The van der Waals surface area contributed by atoms with E-state index in [2.05, 4.69) is 10.3 Å². The lowest BCUT2D eigenvalue weighted by atomic mass is 10.1. The third-order valence-electron chi connectivity index (χ3n) is 4.16. The third-order valence-corrected chi connectivity index (χ3v) is 4.16. The Kier molecular flexibility index (Phi) is 4.76. The predicted octanol–water partition coefficient (Wildman–Crippen LogP) is 2.28. The lowest BCUT2D eigenvalue weighted by molar-refractivity contribution is -0.389. The highest BCUT2D eigenvalue weighted by molar-refractivity contribution is 6.04. The van der Waals surface area contributed by atoms with Crippen molar-refractivity contribution in [2.75, 3.05) is 23.4 Å². The molecule has 0 atom stereocenters. The molecule has 0 radical (unpaired) electrons. The number of fused-ring (bicyclic) bond motifs is 1. The van der Waals surface area contributed by atoms with E-state index in [4.69, 9.17) is 4.74 Å². The van der Waals surface area contributed by atoms with Crippen molar-refractivity contribution in [3.05, 3.63) is 51.1 Å². The molecule has 2 heterocycles. The average molecular weight is 370 g/mol. The number of carbonyl (C=O) groups excluding carboxylic acids is 2. The predicted molar refractivity (Wildman–Crippen MR) is 98.0 cm³/mol. The van der Waals surface area contributed by atoms with E-state index in [9.17, 15) is 19.7 Å². The van der Waals surface area contributed by atoms with Gasteiger partial charge in [-0.3, -0.25) is 14.5 Å². The first-order valence-corrected chi connectivity index (χ1v) is 8.22. The summed E-state index contributed by atoms with van der Waals surface area (Å²) in [6.07, 6.45) is 0. The van der Waals surface area contributed by atoms with Crippen molar-refractivity contribution in [3.8, 4) is 5.75 Å². The number of carbonyl (C=O) groups is 2.